The van der Waals surface area contributed by atoms with E-state index in [1.54, 1.807) is 6.20 Å². The predicted molar refractivity (Wildman–Crippen MR) is 120 cm³/mol. The van der Waals surface area contributed by atoms with E-state index in [0.29, 0.717) is 6.54 Å². The number of benzene rings is 1. The summed E-state index contributed by atoms with van der Waals surface area (Å²) in [7, 11) is 0. The quantitative estimate of drug-likeness (QED) is 0.693. The van der Waals surface area contributed by atoms with Gasteiger partial charge in [0.05, 0.1) is 12.2 Å². The molecule has 31 heavy (non-hydrogen) atoms. The van der Waals surface area contributed by atoms with Gasteiger partial charge in [-0.2, -0.15) is 0 Å². The standard InChI is InChI=1S/C25H31N3O3/c1-17-15-28(16-18(2)31-17)24-10-6-19(13-26-24)14-27-25(30)11-9-23(29)22-8-7-20-4-3-5-21(20)12-22/h6-8,10,12-13,17-18H,3-5,9,11,14-16H2,1-2H3,(H,27,30). The molecule has 1 N–H and O–H groups in total. The molecule has 0 bridgehead atoms. The molecule has 6 heteroatoms. The van der Waals surface area contributed by atoms with Crippen molar-refractivity contribution in [3.8, 4) is 0 Å². The Kier molecular flexibility index (Phi) is 6.66. The third-order valence-corrected chi connectivity index (χ3v) is 6.04. The Labute approximate surface area is 184 Å². The average molecular weight is 422 g/mol. The SMILES string of the molecule is CC1CN(c2ccc(CNC(=O)CCC(=O)c3ccc4c(c3)CCC4)cn2)CC(C)O1. The molecule has 2 unspecified atom stereocenters. The summed E-state index contributed by atoms with van der Waals surface area (Å²) >= 11 is 0. The van der Waals surface area contributed by atoms with Crippen molar-refractivity contribution >= 4 is 17.5 Å². The van der Waals surface area contributed by atoms with Crippen LogP contribution in [0.3, 0.4) is 0 Å². The number of nitrogens with zero attached hydrogens (tertiary/aromatic N) is 2. The summed E-state index contributed by atoms with van der Waals surface area (Å²) in [5, 5.41) is 2.90. The number of morpholine rings is 1. The smallest absolute Gasteiger partial charge is 0.220 e. The van der Waals surface area contributed by atoms with E-state index < -0.39 is 0 Å². The van der Waals surface area contributed by atoms with E-state index in [1.807, 2.05) is 24.3 Å². The molecule has 1 aliphatic carbocycles. The number of hydrogen-bond donors (Lipinski definition) is 1. The van der Waals surface area contributed by atoms with Crippen molar-refractivity contribution in [3.05, 3.63) is 58.8 Å². The van der Waals surface area contributed by atoms with Crippen LogP contribution < -0.4 is 10.2 Å². The summed E-state index contributed by atoms with van der Waals surface area (Å²) < 4.78 is 5.77. The monoisotopic (exact) mass is 421 g/mol. The summed E-state index contributed by atoms with van der Waals surface area (Å²) in [6, 6.07) is 9.94. The number of Topliss-reactive ketones (excluding diaryl/α,β-unsaturated/α-hetero) is 1. The van der Waals surface area contributed by atoms with Crippen molar-refractivity contribution in [3.63, 3.8) is 0 Å². The van der Waals surface area contributed by atoms with Crippen LogP contribution in [0, 0.1) is 0 Å². The molecule has 1 aromatic carbocycles. The van der Waals surface area contributed by atoms with Gasteiger partial charge in [0.25, 0.3) is 0 Å². The largest absolute Gasteiger partial charge is 0.372 e. The number of ketones is 1. The Bertz CT molecular complexity index is 932. The van der Waals surface area contributed by atoms with Gasteiger partial charge in [0.15, 0.2) is 5.78 Å². The Balaban J connectivity index is 1.23. The molecule has 164 valence electrons. The summed E-state index contributed by atoms with van der Waals surface area (Å²) in [6.45, 7) is 6.20. The lowest BCUT2D eigenvalue weighted by Crippen LogP contribution is -2.45. The fraction of sp³-hybridized carbons (Fsp3) is 0.480. The van der Waals surface area contributed by atoms with E-state index in [1.165, 1.54) is 11.1 Å². The van der Waals surface area contributed by atoms with Gasteiger partial charge in [-0.3, -0.25) is 9.59 Å². The summed E-state index contributed by atoms with van der Waals surface area (Å²) in [4.78, 5) is 31.5. The highest BCUT2D eigenvalue weighted by Gasteiger charge is 2.23. The van der Waals surface area contributed by atoms with E-state index in [9.17, 15) is 9.59 Å². The molecule has 2 atom stereocenters. The first-order valence-electron chi connectivity index (χ1n) is 11.2. The van der Waals surface area contributed by atoms with Crippen LogP contribution >= 0.6 is 0 Å². The summed E-state index contributed by atoms with van der Waals surface area (Å²) in [5.74, 6) is 0.844. The molecule has 1 fully saturated rings. The molecule has 2 aliphatic rings. The van der Waals surface area contributed by atoms with Gasteiger partial charge < -0.3 is 15.0 Å². The highest BCUT2D eigenvalue weighted by atomic mass is 16.5. The van der Waals surface area contributed by atoms with E-state index >= 15 is 0 Å². The number of pyridine rings is 1. The lowest BCUT2D eigenvalue weighted by atomic mass is 10.0. The van der Waals surface area contributed by atoms with E-state index in [-0.39, 0.29) is 36.7 Å². The van der Waals surface area contributed by atoms with Gasteiger partial charge in [0.1, 0.15) is 5.82 Å². The summed E-state index contributed by atoms with van der Waals surface area (Å²) in [5.41, 5.74) is 4.30. The van der Waals surface area contributed by atoms with Crippen molar-refractivity contribution in [1.82, 2.24) is 10.3 Å². The van der Waals surface area contributed by atoms with Crippen LogP contribution in [0.4, 0.5) is 5.82 Å². The number of fused-ring (bicyclic) bond motifs is 1. The molecule has 0 radical (unpaired) electrons. The number of carbonyl (C=O) groups excluding carboxylic acids is 2. The molecule has 2 aromatic rings. The number of anilines is 1. The number of aryl methyl sites for hydroxylation is 2. The average Bonchev–Trinajstić information content (AvgIpc) is 3.23. The number of rotatable bonds is 7. The van der Waals surface area contributed by atoms with Crippen molar-refractivity contribution in [2.45, 2.75) is 64.7 Å². The highest BCUT2D eigenvalue weighted by Crippen LogP contribution is 2.23. The number of carbonyl (C=O) groups is 2. The second kappa shape index (κ2) is 9.60. The number of amides is 1. The van der Waals surface area contributed by atoms with Crippen LogP contribution in [-0.4, -0.2) is 42.0 Å². The van der Waals surface area contributed by atoms with Crippen LogP contribution in [0.25, 0.3) is 0 Å². The maximum Gasteiger partial charge on any atom is 0.220 e. The molecule has 1 amide bonds. The minimum absolute atomic E-state index is 0.0323. The van der Waals surface area contributed by atoms with E-state index in [0.717, 1.165) is 49.3 Å². The molecule has 0 spiro atoms. The second-order valence-corrected chi connectivity index (χ2v) is 8.72. The summed E-state index contributed by atoms with van der Waals surface area (Å²) in [6.07, 6.45) is 5.92. The zero-order valence-corrected chi connectivity index (χ0v) is 18.4. The highest BCUT2D eigenvalue weighted by molar-refractivity contribution is 5.98. The van der Waals surface area contributed by atoms with Crippen molar-refractivity contribution in [2.75, 3.05) is 18.0 Å². The lowest BCUT2D eigenvalue weighted by Gasteiger charge is -2.36. The minimum Gasteiger partial charge on any atom is -0.372 e. The molecule has 1 saturated heterocycles. The van der Waals surface area contributed by atoms with Crippen LogP contribution in [0.5, 0.6) is 0 Å². The van der Waals surface area contributed by atoms with Gasteiger partial charge in [-0.25, -0.2) is 4.98 Å². The molecule has 6 nitrogen and oxygen atoms in total. The van der Waals surface area contributed by atoms with Crippen molar-refractivity contribution < 1.29 is 14.3 Å². The first kappa shape index (κ1) is 21.5. The van der Waals surface area contributed by atoms with Gasteiger partial charge >= 0.3 is 0 Å². The van der Waals surface area contributed by atoms with Crippen LogP contribution in [0.2, 0.25) is 0 Å². The fourth-order valence-electron chi connectivity index (χ4n) is 4.48. The third-order valence-electron chi connectivity index (χ3n) is 6.04. The van der Waals surface area contributed by atoms with Crippen LogP contribution in [0.15, 0.2) is 36.5 Å². The lowest BCUT2D eigenvalue weighted by molar-refractivity contribution is -0.121. The normalized spacial score (nSPS) is 20.4. The Hall–Kier alpha value is -2.73. The van der Waals surface area contributed by atoms with E-state index in [2.05, 4.69) is 35.1 Å². The molecule has 0 saturated carbocycles. The van der Waals surface area contributed by atoms with Gasteiger partial charge in [0.2, 0.25) is 5.91 Å². The number of aromatic nitrogens is 1. The van der Waals surface area contributed by atoms with Crippen LogP contribution in [0.1, 0.15) is 60.2 Å². The molecule has 4 rings (SSSR count). The van der Waals surface area contributed by atoms with Gasteiger partial charge in [-0.05, 0) is 61.9 Å². The molecule has 2 heterocycles. The van der Waals surface area contributed by atoms with Gasteiger partial charge in [-0.15, -0.1) is 0 Å². The number of ether oxygens (including phenoxy) is 1. The van der Waals surface area contributed by atoms with E-state index in [4.69, 9.17) is 4.74 Å². The molecule has 1 aromatic heterocycles. The topological polar surface area (TPSA) is 71.5 Å². The Morgan fingerprint density at radius 1 is 1.06 bits per heavy atom. The van der Waals surface area contributed by atoms with Gasteiger partial charge in [0, 0.05) is 44.2 Å². The predicted octanol–water partition coefficient (Wildman–Crippen LogP) is 3.46. The zero-order chi connectivity index (χ0) is 21.8. The second-order valence-electron chi connectivity index (χ2n) is 8.72. The Morgan fingerprint density at radius 2 is 1.84 bits per heavy atom. The maximum absolute atomic E-state index is 12.5. The number of hydrogen-bond acceptors (Lipinski definition) is 5. The fourth-order valence-corrected chi connectivity index (χ4v) is 4.48. The van der Waals surface area contributed by atoms with Crippen molar-refractivity contribution in [1.29, 1.82) is 0 Å². The van der Waals surface area contributed by atoms with Crippen LogP contribution in [-0.2, 0) is 28.9 Å². The number of nitrogens with one attached hydrogen (secondary N) is 1. The maximum atomic E-state index is 12.5. The minimum atomic E-state index is -0.116. The van der Waals surface area contributed by atoms with Gasteiger partial charge in [-0.1, -0.05) is 18.2 Å². The Morgan fingerprint density at radius 3 is 2.58 bits per heavy atom. The molecular formula is C25H31N3O3. The first-order chi connectivity index (χ1) is 15.0. The van der Waals surface area contributed by atoms with Crippen molar-refractivity contribution in [2.24, 2.45) is 0 Å². The zero-order valence-electron chi connectivity index (χ0n) is 18.4. The third kappa shape index (κ3) is 5.50. The molecular weight excluding hydrogens is 390 g/mol. The molecule has 1 aliphatic heterocycles. The first-order valence-corrected chi connectivity index (χ1v) is 11.2.